The zero-order valence-corrected chi connectivity index (χ0v) is 8.80. The van der Waals surface area contributed by atoms with Gasteiger partial charge in [-0.25, -0.2) is 0 Å². The summed E-state index contributed by atoms with van der Waals surface area (Å²) in [6.45, 7) is 2.04. The van der Waals surface area contributed by atoms with Gasteiger partial charge in [0, 0.05) is 5.39 Å². The number of phenolic OH excluding ortho intramolecular Hbond substituents is 1. The summed E-state index contributed by atoms with van der Waals surface area (Å²) in [7, 11) is 0. The second-order valence-electron chi connectivity index (χ2n) is 3.07. The van der Waals surface area contributed by atoms with Crippen LogP contribution in [-0.4, -0.2) is 5.11 Å². The van der Waals surface area contributed by atoms with Crippen molar-refractivity contribution in [3.63, 3.8) is 0 Å². The van der Waals surface area contributed by atoms with Crippen molar-refractivity contribution in [2.24, 2.45) is 0 Å². The van der Waals surface area contributed by atoms with Gasteiger partial charge < -0.3 is 5.11 Å². The average molecular weight is 237 g/mol. The van der Waals surface area contributed by atoms with Crippen molar-refractivity contribution in [2.45, 2.75) is 6.92 Å². The van der Waals surface area contributed by atoms with Crippen LogP contribution >= 0.6 is 15.9 Å². The van der Waals surface area contributed by atoms with Crippen LogP contribution < -0.4 is 0 Å². The molecule has 0 spiro atoms. The summed E-state index contributed by atoms with van der Waals surface area (Å²) in [5.74, 6) is 0.321. The van der Waals surface area contributed by atoms with Crippen LogP contribution in [0.5, 0.6) is 5.75 Å². The normalized spacial score (nSPS) is 10.6. The molecule has 0 aliphatic rings. The summed E-state index contributed by atoms with van der Waals surface area (Å²) in [5.41, 5.74) is 1.18. The van der Waals surface area contributed by atoms with Gasteiger partial charge in [0.1, 0.15) is 5.75 Å². The third-order valence-corrected chi connectivity index (χ3v) is 2.84. The molecular weight excluding hydrogens is 228 g/mol. The Bertz CT molecular complexity index is 463. The predicted octanol–water partition coefficient (Wildman–Crippen LogP) is 3.62. The van der Waals surface area contributed by atoms with E-state index >= 15 is 0 Å². The largest absolute Gasteiger partial charge is 0.506 e. The minimum Gasteiger partial charge on any atom is -0.506 e. The van der Waals surface area contributed by atoms with Gasteiger partial charge in [-0.3, -0.25) is 0 Å². The van der Waals surface area contributed by atoms with E-state index < -0.39 is 0 Å². The molecule has 0 fully saturated rings. The van der Waals surface area contributed by atoms with Gasteiger partial charge in [0.2, 0.25) is 0 Å². The molecule has 0 heterocycles. The molecule has 2 aromatic carbocycles. The lowest BCUT2D eigenvalue weighted by Gasteiger charge is -2.04. The maximum absolute atomic E-state index is 9.74. The maximum atomic E-state index is 9.74. The van der Waals surface area contributed by atoms with Crippen molar-refractivity contribution in [3.8, 4) is 5.75 Å². The smallest absolute Gasteiger partial charge is 0.137 e. The molecule has 0 aliphatic carbocycles. The highest BCUT2D eigenvalue weighted by Gasteiger charge is 2.04. The van der Waals surface area contributed by atoms with Crippen LogP contribution in [0.4, 0.5) is 0 Å². The first-order valence-electron chi connectivity index (χ1n) is 4.07. The Kier molecular flexibility index (Phi) is 2.00. The first-order chi connectivity index (χ1) is 6.20. The summed E-state index contributed by atoms with van der Waals surface area (Å²) in [6.07, 6.45) is 0. The molecule has 0 aliphatic heterocycles. The highest BCUT2D eigenvalue weighted by Crippen LogP contribution is 2.33. The van der Waals surface area contributed by atoms with E-state index in [2.05, 4.69) is 15.9 Å². The molecule has 0 aromatic heterocycles. The number of phenols is 1. The summed E-state index contributed by atoms with van der Waals surface area (Å²) in [6, 6.07) is 9.78. The van der Waals surface area contributed by atoms with Gasteiger partial charge in [-0.1, -0.05) is 24.3 Å². The number of hydrogen-bond acceptors (Lipinski definition) is 1. The molecule has 66 valence electrons. The van der Waals surface area contributed by atoms with Gasteiger partial charge in [0.15, 0.2) is 0 Å². The minimum atomic E-state index is 0.321. The minimum absolute atomic E-state index is 0.321. The number of aromatic hydroxyl groups is 1. The molecule has 0 saturated carbocycles. The van der Waals surface area contributed by atoms with Crippen LogP contribution in [0.25, 0.3) is 10.8 Å². The molecule has 1 N–H and O–H groups in total. The Morgan fingerprint density at radius 2 is 1.85 bits per heavy atom. The molecule has 2 heteroatoms. The van der Waals surface area contributed by atoms with Gasteiger partial charge in [0.05, 0.1) is 4.47 Å². The van der Waals surface area contributed by atoms with E-state index in [9.17, 15) is 5.11 Å². The van der Waals surface area contributed by atoms with Gasteiger partial charge in [-0.2, -0.15) is 0 Å². The number of fused-ring (bicyclic) bond motifs is 1. The van der Waals surface area contributed by atoms with Crippen LogP contribution in [0.3, 0.4) is 0 Å². The predicted molar refractivity (Wildman–Crippen MR) is 58.0 cm³/mol. The van der Waals surface area contributed by atoms with Crippen LogP contribution in [0.1, 0.15) is 5.56 Å². The Balaban J connectivity index is 2.94. The number of aryl methyl sites for hydroxylation is 1. The fraction of sp³-hybridized carbons (Fsp3) is 0.0909. The quantitative estimate of drug-likeness (QED) is 0.741. The number of benzene rings is 2. The SMILES string of the molecule is Cc1cccc2c(O)c(Br)ccc12. The van der Waals surface area contributed by atoms with Crippen LogP contribution in [0.2, 0.25) is 0 Å². The van der Waals surface area contributed by atoms with Gasteiger partial charge >= 0.3 is 0 Å². The molecule has 0 saturated heterocycles. The fourth-order valence-electron chi connectivity index (χ4n) is 1.47. The molecule has 0 atom stereocenters. The Hall–Kier alpha value is -1.02. The van der Waals surface area contributed by atoms with Crippen molar-refractivity contribution < 1.29 is 5.11 Å². The van der Waals surface area contributed by atoms with Crippen molar-refractivity contribution in [1.29, 1.82) is 0 Å². The lowest BCUT2D eigenvalue weighted by atomic mass is 10.1. The Morgan fingerprint density at radius 3 is 2.62 bits per heavy atom. The monoisotopic (exact) mass is 236 g/mol. The Labute approximate surface area is 85.1 Å². The van der Waals surface area contributed by atoms with E-state index in [0.29, 0.717) is 5.75 Å². The molecular formula is C11H9BrO. The molecule has 0 unspecified atom stereocenters. The lowest BCUT2D eigenvalue weighted by molar-refractivity contribution is 0.478. The first kappa shape index (κ1) is 8.57. The average Bonchev–Trinajstić information content (AvgIpc) is 2.12. The van der Waals surface area contributed by atoms with Gasteiger partial charge in [-0.15, -0.1) is 0 Å². The maximum Gasteiger partial charge on any atom is 0.137 e. The number of halogens is 1. The summed E-state index contributed by atoms with van der Waals surface area (Å²) in [4.78, 5) is 0. The molecule has 2 aromatic rings. The van der Waals surface area contributed by atoms with Crippen molar-refractivity contribution >= 4 is 26.7 Å². The number of rotatable bonds is 0. The number of hydrogen-bond donors (Lipinski definition) is 1. The topological polar surface area (TPSA) is 20.2 Å². The van der Waals surface area contributed by atoms with E-state index in [0.717, 1.165) is 15.2 Å². The van der Waals surface area contributed by atoms with E-state index in [1.165, 1.54) is 5.56 Å². The molecule has 0 bridgehead atoms. The van der Waals surface area contributed by atoms with Gasteiger partial charge in [-0.05, 0) is 39.9 Å². The van der Waals surface area contributed by atoms with Crippen molar-refractivity contribution in [2.75, 3.05) is 0 Å². The second kappa shape index (κ2) is 3.04. The summed E-state index contributed by atoms with van der Waals surface area (Å²) >= 11 is 3.29. The molecule has 0 radical (unpaired) electrons. The van der Waals surface area contributed by atoms with E-state index in [4.69, 9.17) is 0 Å². The zero-order valence-electron chi connectivity index (χ0n) is 7.21. The highest BCUT2D eigenvalue weighted by molar-refractivity contribution is 9.10. The molecule has 1 nitrogen and oxygen atoms in total. The third kappa shape index (κ3) is 1.31. The van der Waals surface area contributed by atoms with E-state index in [-0.39, 0.29) is 0 Å². The van der Waals surface area contributed by atoms with Crippen molar-refractivity contribution in [1.82, 2.24) is 0 Å². The fourth-order valence-corrected chi connectivity index (χ4v) is 1.82. The molecule has 0 amide bonds. The van der Waals surface area contributed by atoms with Crippen LogP contribution in [0.15, 0.2) is 34.8 Å². The van der Waals surface area contributed by atoms with Crippen LogP contribution in [-0.2, 0) is 0 Å². The van der Waals surface area contributed by atoms with E-state index in [1.807, 2.05) is 37.3 Å². The lowest BCUT2D eigenvalue weighted by Crippen LogP contribution is -1.79. The second-order valence-corrected chi connectivity index (χ2v) is 3.92. The summed E-state index contributed by atoms with van der Waals surface area (Å²) < 4.78 is 0.741. The first-order valence-corrected chi connectivity index (χ1v) is 4.86. The van der Waals surface area contributed by atoms with Gasteiger partial charge in [0.25, 0.3) is 0 Å². The third-order valence-electron chi connectivity index (χ3n) is 2.20. The Morgan fingerprint density at radius 1 is 1.08 bits per heavy atom. The summed E-state index contributed by atoms with van der Waals surface area (Å²) in [5, 5.41) is 11.7. The molecule has 2 rings (SSSR count). The standard InChI is InChI=1S/C11H9BrO/c1-7-3-2-4-9-8(7)5-6-10(12)11(9)13/h2-6,13H,1H3. The van der Waals surface area contributed by atoms with Crippen LogP contribution in [0, 0.1) is 6.92 Å². The van der Waals surface area contributed by atoms with E-state index in [1.54, 1.807) is 0 Å². The van der Waals surface area contributed by atoms with Crippen molar-refractivity contribution in [3.05, 3.63) is 40.4 Å². The molecule has 13 heavy (non-hydrogen) atoms. The zero-order chi connectivity index (χ0) is 9.42. The highest BCUT2D eigenvalue weighted by atomic mass is 79.9.